The van der Waals surface area contributed by atoms with Gasteiger partial charge in [-0.3, -0.25) is 10.1 Å². The van der Waals surface area contributed by atoms with E-state index in [1.54, 1.807) is 12.1 Å². The minimum atomic E-state index is -0.426. The second-order valence-electron chi connectivity index (χ2n) is 5.30. The highest BCUT2D eigenvalue weighted by molar-refractivity contribution is 5.48. The Bertz CT molecular complexity index is 489. The van der Waals surface area contributed by atoms with E-state index in [4.69, 9.17) is 14.2 Å². The van der Waals surface area contributed by atoms with Gasteiger partial charge in [-0.25, -0.2) is 0 Å². The van der Waals surface area contributed by atoms with E-state index in [2.05, 4.69) is 0 Å². The van der Waals surface area contributed by atoms with Crippen molar-refractivity contribution in [3.63, 3.8) is 0 Å². The Hall–Kier alpha value is -1.70. The smallest absolute Gasteiger partial charge is 0.311 e. The van der Waals surface area contributed by atoms with E-state index in [1.165, 1.54) is 11.0 Å². The van der Waals surface area contributed by atoms with Gasteiger partial charge in [-0.05, 0) is 18.6 Å². The summed E-state index contributed by atoms with van der Waals surface area (Å²) in [6.45, 7) is 7.84. The van der Waals surface area contributed by atoms with Crippen molar-refractivity contribution in [2.24, 2.45) is 0 Å². The van der Waals surface area contributed by atoms with Crippen LogP contribution in [0.4, 0.5) is 5.69 Å². The topological polar surface area (TPSA) is 75.3 Å². The summed E-state index contributed by atoms with van der Waals surface area (Å²) in [6, 6.07) is 4.94. The van der Waals surface area contributed by atoms with Gasteiger partial charge in [0.25, 0.3) is 0 Å². The van der Waals surface area contributed by atoms with Crippen molar-refractivity contribution in [1.29, 1.82) is 0 Å². The maximum Gasteiger partial charge on any atom is 0.311 e. The van der Waals surface area contributed by atoms with Crippen molar-refractivity contribution in [2.45, 2.75) is 6.92 Å². The molecule has 0 radical (unpaired) electrons. The number of quaternary nitrogens is 1. The number of rotatable bonds is 8. The molecular weight excluding hydrogens is 288 g/mol. The van der Waals surface area contributed by atoms with Crippen LogP contribution >= 0.6 is 0 Å². The van der Waals surface area contributed by atoms with Gasteiger partial charge in [-0.2, -0.15) is 0 Å². The number of nitro groups is 1. The monoisotopic (exact) mass is 311 g/mol. The van der Waals surface area contributed by atoms with Gasteiger partial charge < -0.3 is 19.1 Å². The molecule has 0 saturated carbocycles. The fraction of sp³-hybridized carbons (Fsp3) is 0.600. The second-order valence-corrected chi connectivity index (χ2v) is 5.30. The van der Waals surface area contributed by atoms with Crippen LogP contribution in [0.3, 0.4) is 0 Å². The molecule has 0 unspecified atom stereocenters. The zero-order valence-corrected chi connectivity index (χ0v) is 12.9. The number of hydrogen-bond acceptors (Lipinski definition) is 5. The molecule has 0 bridgehead atoms. The number of aryl methyl sites for hydroxylation is 1. The first-order valence-electron chi connectivity index (χ1n) is 7.53. The first-order chi connectivity index (χ1) is 10.7. The Morgan fingerprint density at radius 2 is 2.05 bits per heavy atom. The van der Waals surface area contributed by atoms with E-state index in [0.29, 0.717) is 19.8 Å². The zero-order valence-electron chi connectivity index (χ0n) is 12.9. The number of nitrogens with zero attached hydrogens (tertiary/aromatic N) is 1. The lowest BCUT2D eigenvalue weighted by atomic mass is 10.2. The Kier molecular flexibility index (Phi) is 6.57. The highest BCUT2D eigenvalue weighted by Crippen LogP contribution is 2.27. The molecule has 0 aromatic heterocycles. The van der Waals surface area contributed by atoms with Gasteiger partial charge in [0.2, 0.25) is 0 Å². The maximum atomic E-state index is 11.0. The summed E-state index contributed by atoms with van der Waals surface area (Å²) in [5.74, 6) is 0.290. The van der Waals surface area contributed by atoms with Gasteiger partial charge in [-0.15, -0.1) is 0 Å². The van der Waals surface area contributed by atoms with Crippen LogP contribution in [0.5, 0.6) is 5.75 Å². The average Bonchev–Trinajstić information content (AvgIpc) is 2.52. The largest absolute Gasteiger partial charge is 0.484 e. The number of ether oxygens (including phenoxy) is 3. The van der Waals surface area contributed by atoms with Crippen molar-refractivity contribution in [3.05, 3.63) is 33.9 Å². The van der Waals surface area contributed by atoms with Crippen LogP contribution in [0.15, 0.2) is 18.2 Å². The summed E-state index contributed by atoms with van der Waals surface area (Å²) < 4.78 is 16.3. The van der Waals surface area contributed by atoms with Gasteiger partial charge in [0, 0.05) is 6.07 Å². The van der Waals surface area contributed by atoms with Crippen LogP contribution < -0.4 is 9.64 Å². The van der Waals surface area contributed by atoms with E-state index in [0.717, 1.165) is 38.4 Å². The lowest BCUT2D eigenvalue weighted by molar-refractivity contribution is -0.908. The molecular formula is C15H23N2O5+. The minimum Gasteiger partial charge on any atom is -0.484 e. The molecule has 0 amide bonds. The molecule has 1 aliphatic heterocycles. The highest BCUT2D eigenvalue weighted by Gasteiger charge is 2.15. The molecule has 1 heterocycles. The molecule has 1 fully saturated rings. The zero-order chi connectivity index (χ0) is 15.8. The Labute approximate surface area is 129 Å². The molecule has 0 aliphatic carbocycles. The fourth-order valence-electron chi connectivity index (χ4n) is 2.33. The van der Waals surface area contributed by atoms with Crippen molar-refractivity contribution in [2.75, 3.05) is 52.7 Å². The molecule has 122 valence electrons. The number of nitro benzene ring substituents is 1. The Morgan fingerprint density at radius 1 is 1.27 bits per heavy atom. The third kappa shape index (κ3) is 5.25. The number of morpholine rings is 1. The SMILES string of the molecule is Cc1ccc(OCCOCC[NH+]2CCOCC2)c([N+](=O)[O-])c1. The van der Waals surface area contributed by atoms with Gasteiger partial charge in [0.05, 0.1) is 31.4 Å². The molecule has 0 spiro atoms. The summed E-state index contributed by atoms with van der Waals surface area (Å²) in [5.41, 5.74) is 0.835. The van der Waals surface area contributed by atoms with Crippen LogP contribution in [0.2, 0.25) is 0 Å². The third-order valence-corrected chi connectivity index (χ3v) is 3.60. The third-order valence-electron chi connectivity index (χ3n) is 3.60. The lowest BCUT2D eigenvalue weighted by Gasteiger charge is -2.23. The molecule has 2 rings (SSSR count). The summed E-state index contributed by atoms with van der Waals surface area (Å²) in [7, 11) is 0. The number of hydrogen-bond donors (Lipinski definition) is 1. The van der Waals surface area contributed by atoms with Crippen LogP contribution in [0.25, 0.3) is 0 Å². The highest BCUT2D eigenvalue weighted by atomic mass is 16.6. The predicted octanol–water partition coefficient (Wildman–Crippen LogP) is 0.214. The number of benzene rings is 1. The predicted molar refractivity (Wildman–Crippen MR) is 80.5 cm³/mol. The minimum absolute atomic E-state index is 0.00207. The average molecular weight is 311 g/mol. The second kappa shape index (κ2) is 8.67. The normalized spacial score (nSPS) is 15.7. The lowest BCUT2D eigenvalue weighted by Crippen LogP contribution is -3.14. The maximum absolute atomic E-state index is 11.0. The molecule has 1 aromatic carbocycles. The van der Waals surface area contributed by atoms with Crippen molar-refractivity contribution in [3.8, 4) is 5.75 Å². The standard InChI is InChI=1S/C15H22N2O5/c1-13-2-3-15(14(12-13)17(18)19)22-11-10-21-9-6-16-4-7-20-8-5-16/h2-3,12H,4-11H2,1H3/p+1. The van der Waals surface area contributed by atoms with Gasteiger partial charge >= 0.3 is 5.69 Å². The van der Waals surface area contributed by atoms with Crippen molar-refractivity contribution >= 4 is 5.69 Å². The molecule has 22 heavy (non-hydrogen) atoms. The van der Waals surface area contributed by atoms with Crippen molar-refractivity contribution in [1.82, 2.24) is 0 Å². The first kappa shape index (κ1) is 16.7. The molecule has 7 nitrogen and oxygen atoms in total. The van der Waals surface area contributed by atoms with E-state index >= 15 is 0 Å². The quantitative estimate of drug-likeness (QED) is 0.422. The molecule has 1 saturated heterocycles. The van der Waals surface area contributed by atoms with E-state index in [-0.39, 0.29) is 11.4 Å². The summed E-state index contributed by atoms with van der Waals surface area (Å²) in [6.07, 6.45) is 0. The van der Waals surface area contributed by atoms with E-state index in [1.807, 2.05) is 6.92 Å². The van der Waals surface area contributed by atoms with Gasteiger partial charge in [0.1, 0.15) is 26.2 Å². The first-order valence-corrected chi connectivity index (χ1v) is 7.53. The molecule has 0 atom stereocenters. The Balaban J connectivity index is 1.65. The van der Waals surface area contributed by atoms with Gasteiger partial charge in [0.15, 0.2) is 5.75 Å². The van der Waals surface area contributed by atoms with E-state index < -0.39 is 4.92 Å². The van der Waals surface area contributed by atoms with Crippen LogP contribution in [-0.4, -0.2) is 57.6 Å². The van der Waals surface area contributed by atoms with Crippen molar-refractivity contribution < 1.29 is 24.0 Å². The molecule has 7 heteroatoms. The molecule has 1 aliphatic rings. The summed E-state index contributed by atoms with van der Waals surface area (Å²) in [4.78, 5) is 12.0. The van der Waals surface area contributed by atoms with Crippen LogP contribution in [0.1, 0.15) is 5.56 Å². The summed E-state index contributed by atoms with van der Waals surface area (Å²) in [5, 5.41) is 11.0. The molecule has 1 aromatic rings. The van der Waals surface area contributed by atoms with Gasteiger partial charge in [-0.1, -0.05) is 6.07 Å². The van der Waals surface area contributed by atoms with Crippen LogP contribution in [-0.2, 0) is 9.47 Å². The Morgan fingerprint density at radius 3 is 2.77 bits per heavy atom. The fourth-order valence-corrected chi connectivity index (χ4v) is 2.33. The molecule has 1 N–H and O–H groups in total. The van der Waals surface area contributed by atoms with E-state index in [9.17, 15) is 10.1 Å². The summed E-state index contributed by atoms with van der Waals surface area (Å²) >= 11 is 0. The number of nitrogens with one attached hydrogen (secondary N) is 1. The van der Waals surface area contributed by atoms with Crippen LogP contribution in [0, 0.1) is 17.0 Å².